The highest BCUT2D eigenvalue weighted by Crippen LogP contribution is 2.33. The normalized spacial score (nSPS) is 17.4. The van der Waals surface area contributed by atoms with Crippen molar-refractivity contribution in [2.24, 2.45) is 0 Å². The third-order valence-corrected chi connectivity index (χ3v) is 2.73. The third kappa shape index (κ3) is 1.45. The van der Waals surface area contributed by atoms with Crippen molar-refractivity contribution in [3.8, 4) is 0 Å². The summed E-state index contributed by atoms with van der Waals surface area (Å²) in [5, 5.41) is 8.85. The first-order valence-corrected chi connectivity index (χ1v) is 4.74. The molecule has 1 saturated carbocycles. The van der Waals surface area contributed by atoms with E-state index in [-0.39, 0.29) is 11.6 Å². The van der Waals surface area contributed by atoms with E-state index in [0.717, 1.165) is 25.7 Å². The second-order valence-electron chi connectivity index (χ2n) is 3.65. The number of aromatic carboxylic acids is 1. The van der Waals surface area contributed by atoms with Gasteiger partial charge in [-0.25, -0.2) is 9.59 Å². The Hall–Kier alpha value is -1.52. The average molecular weight is 196 g/mol. The molecular formula is C9H12N2O3. The van der Waals surface area contributed by atoms with Crippen LogP contribution >= 0.6 is 0 Å². The Bertz CT molecular complexity index is 398. The first-order valence-electron chi connectivity index (χ1n) is 4.74. The number of H-pyrrole nitrogens is 2. The Morgan fingerprint density at radius 1 is 1.29 bits per heavy atom. The molecule has 0 amide bonds. The summed E-state index contributed by atoms with van der Waals surface area (Å²) in [6.07, 6.45) is 4.15. The molecule has 0 unspecified atom stereocenters. The fourth-order valence-electron chi connectivity index (χ4n) is 2.09. The Kier molecular flexibility index (Phi) is 2.15. The summed E-state index contributed by atoms with van der Waals surface area (Å²) in [5.74, 6) is -0.856. The molecule has 5 heteroatoms. The van der Waals surface area contributed by atoms with Crippen molar-refractivity contribution in [1.29, 1.82) is 0 Å². The summed E-state index contributed by atoms with van der Waals surface area (Å²) < 4.78 is 0. The minimum absolute atomic E-state index is 0.0295. The van der Waals surface area contributed by atoms with Crippen LogP contribution in [-0.4, -0.2) is 21.0 Å². The van der Waals surface area contributed by atoms with Crippen molar-refractivity contribution in [3.05, 3.63) is 21.9 Å². The number of carbonyl (C=O) groups is 1. The lowest BCUT2D eigenvalue weighted by Gasteiger charge is -2.06. The van der Waals surface area contributed by atoms with Crippen molar-refractivity contribution >= 4 is 5.97 Å². The first kappa shape index (κ1) is 9.05. The van der Waals surface area contributed by atoms with Gasteiger partial charge in [0.05, 0.1) is 5.69 Å². The van der Waals surface area contributed by atoms with Crippen molar-refractivity contribution in [2.75, 3.05) is 0 Å². The predicted octanol–water partition coefficient (Wildman–Crippen LogP) is 1.06. The van der Waals surface area contributed by atoms with E-state index < -0.39 is 11.7 Å². The minimum atomic E-state index is -1.06. The Labute approximate surface area is 80.2 Å². The van der Waals surface area contributed by atoms with Crippen LogP contribution < -0.4 is 5.69 Å². The van der Waals surface area contributed by atoms with Gasteiger partial charge in [-0.15, -0.1) is 0 Å². The lowest BCUT2D eigenvalue weighted by atomic mass is 10.0. The number of imidazole rings is 1. The van der Waals surface area contributed by atoms with Gasteiger partial charge in [-0.2, -0.15) is 0 Å². The number of carboxylic acid groups (broad SMARTS) is 1. The summed E-state index contributed by atoms with van der Waals surface area (Å²) in [4.78, 5) is 26.7. The van der Waals surface area contributed by atoms with E-state index in [1.807, 2.05) is 0 Å². The van der Waals surface area contributed by atoms with Crippen LogP contribution in [-0.2, 0) is 0 Å². The number of hydrogen-bond donors (Lipinski definition) is 3. The maximum Gasteiger partial charge on any atom is 0.354 e. The molecule has 0 spiro atoms. The highest BCUT2D eigenvalue weighted by atomic mass is 16.4. The molecular weight excluding hydrogens is 184 g/mol. The van der Waals surface area contributed by atoms with Crippen LogP contribution in [0.2, 0.25) is 0 Å². The summed E-state index contributed by atoms with van der Waals surface area (Å²) in [6, 6.07) is 0. The first-order chi connectivity index (χ1) is 6.68. The molecule has 0 bridgehead atoms. The molecule has 1 heterocycles. The summed E-state index contributed by atoms with van der Waals surface area (Å²) >= 11 is 0. The standard InChI is InChI=1S/C9H12N2O3/c12-8(13)7-6(10-9(14)11-7)5-3-1-2-4-5/h5H,1-4H2,(H,12,13)(H2,10,11,14). The van der Waals surface area contributed by atoms with Crippen LogP contribution in [0.1, 0.15) is 47.8 Å². The monoisotopic (exact) mass is 196 g/mol. The van der Waals surface area contributed by atoms with Gasteiger partial charge < -0.3 is 10.1 Å². The van der Waals surface area contributed by atoms with Crippen LogP contribution in [0.4, 0.5) is 0 Å². The average Bonchev–Trinajstić information content (AvgIpc) is 2.70. The van der Waals surface area contributed by atoms with E-state index in [0.29, 0.717) is 5.69 Å². The molecule has 76 valence electrons. The minimum Gasteiger partial charge on any atom is -0.477 e. The zero-order valence-electron chi connectivity index (χ0n) is 7.67. The number of aromatic amines is 2. The van der Waals surface area contributed by atoms with Crippen molar-refractivity contribution < 1.29 is 9.90 Å². The van der Waals surface area contributed by atoms with Gasteiger partial charge in [-0.3, -0.25) is 4.98 Å². The lowest BCUT2D eigenvalue weighted by Crippen LogP contribution is -2.05. The van der Waals surface area contributed by atoms with E-state index in [4.69, 9.17) is 5.11 Å². The quantitative estimate of drug-likeness (QED) is 0.661. The molecule has 14 heavy (non-hydrogen) atoms. The van der Waals surface area contributed by atoms with Crippen LogP contribution in [0.5, 0.6) is 0 Å². The number of nitrogens with one attached hydrogen (secondary N) is 2. The van der Waals surface area contributed by atoms with Gasteiger partial charge in [0, 0.05) is 5.92 Å². The summed E-state index contributed by atoms with van der Waals surface area (Å²) in [7, 11) is 0. The molecule has 3 N–H and O–H groups in total. The smallest absolute Gasteiger partial charge is 0.354 e. The zero-order valence-corrected chi connectivity index (χ0v) is 7.67. The SMILES string of the molecule is O=C(O)c1[nH]c(=O)[nH]c1C1CCCC1. The molecule has 5 nitrogen and oxygen atoms in total. The molecule has 0 saturated heterocycles. The van der Waals surface area contributed by atoms with E-state index in [1.54, 1.807) is 0 Å². The zero-order chi connectivity index (χ0) is 10.1. The maximum absolute atomic E-state index is 11.0. The Morgan fingerprint density at radius 2 is 1.93 bits per heavy atom. The molecule has 0 radical (unpaired) electrons. The maximum atomic E-state index is 11.0. The van der Waals surface area contributed by atoms with Gasteiger partial charge in [0.2, 0.25) is 0 Å². The predicted molar refractivity (Wildman–Crippen MR) is 49.6 cm³/mol. The Morgan fingerprint density at radius 3 is 2.50 bits per heavy atom. The fraction of sp³-hybridized carbons (Fsp3) is 0.556. The van der Waals surface area contributed by atoms with E-state index in [9.17, 15) is 9.59 Å². The van der Waals surface area contributed by atoms with E-state index >= 15 is 0 Å². The van der Waals surface area contributed by atoms with Crippen LogP contribution in [0.15, 0.2) is 4.79 Å². The van der Waals surface area contributed by atoms with Crippen molar-refractivity contribution in [2.45, 2.75) is 31.6 Å². The second-order valence-corrected chi connectivity index (χ2v) is 3.65. The van der Waals surface area contributed by atoms with Crippen molar-refractivity contribution in [1.82, 2.24) is 9.97 Å². The number of aromatic nitrogens is 2. The van der Waals surface area contributed by atoms with Crippen LogP contribution in [0.25, 0.3) is 0 Å². The van der Waals surface area contributed by atoms with Gasteiger partial charge in [0.15, 0.2) is 0 Å². The van der Waals surface area contributed by atoms with Gasteiger partial charge >= 0.3 is 11.7 Å². The van der Waals surface area contributed by atoms with E-state index in [2.05, 4.69) is 9.97 Å². The number of carboxylic acids is 1. The highest BCUT2D eigenvalue weighted by molar-refractivity contribution is 5.86. The molecule has 1 aliphatic carbocycles. The molecule has 1 aliphatic rings. The third-order valence-electron chi connectivity index (χ3n) is 2.73. The molecule has 1 aromatic heterocycles. The van der Waals surface area contributed by atoms with Gasteiger partial charge in [0.1, 0.15) is 5.69 Å². The fourth-order valence-corrected chi connectivity index (χ4v) is 2.09. The topological polar surface area (TPSA) is 85.9 Å². The molecule has 0 aromatic carbocycles. The molecule has 0 atom stereocenters. The molecule has 0 aliphatic heterocycles. The van der Waals surface area contributed by atoms with Crippen LogP contribution in [0, 0.1) is 0 Å². The summed E-state index contributed by atoms with van der Waals surface area (Å²) in [5.41, 5.74) is 0.172. The van der Waals surface area contributed by atoms with E-state index in [1.165, 1.54) is 0 Å². The van der Waals surface area contributed by atoms with Gasteiger partial charge in [-0.1, -0.05) is 12.8 Å². The second kappa shape index (κ2) is 3.32. The largest absolute Gasteiger partial charge is 0.477 e. The highest BCUT2D eigenvalue weighted by Gasteiger charge is 2.24. The Balaban J connectivity index is 2.40. The lowest BCUT2D eigenvalue weighted by molar-refractivity contribution is 0.0689. The van der Waals surface area contributed by atoms with Crippen LogP contribution in [0.3, 0.4) is 0 Å². The molecule has 1 fully saturated rings. The van der Waals surface area contributed by atoms with Gasteiger partial charge in [-0.05, 0) is 12.8 Å². The molecule has 1 aromatic rings. The molecule has 2 rings (SSSR count). The van der Waals surface area contributed by atoms with Crippen molar-refractivity contribution in [3.63, 3.8) is 0 Å². The van der Waals surface area contributed by atoms with Gasteiger partial charge in [0.25, 0.3) is 0 Å². The number of hydrogen-bond acceptors (Lipinski definition) is 2. The summed E-state index contributed by atoms with van der Waals surface area (Å²) in [6.45, 7) is 0. The number of rotatable bonds is 2.